The molecule has 3 heterocycles. The third-order valence-electron chi connectivity index (χ3n) is 7.51. The number of thiocarbonyl (C=S) groups is 1. The Morgan fingerprint density at radius 1 is 1.16 bits per heavy atom. The molecule has 2 atom stereocenters. The number of rotatable bonds is 8. The molecular weight excluding hydrogens is 588 g/mol. The summed E-state index contributed by atoms with van der Waals surface area (Å²) < 4.78 is 7.55. The fourth-order valence-corrected chi connectivity index (χ4v) is 5.97. The van der Waals surface area contributed by atoms with Crippen molar-refractivity contribution in [3.05, 3.63) is 105 Å². The fourth-order valence-electron chi connectivity index (χ4n) is 5.41. The number of halogens is 1. The van der Waals surface area contributed by atoms with Crippen LogP contribution < -0.4 is 20.3 Å². The van der Waals surface area contributed by atoms with Crippen molar-refractivity contribution in [3.63, 3.8) is 0 Å². The van der Waals surface area contributed by atoms with Crippen molar-refractivity contribution in [3.8, 4) is 11.4 Å². The lowest BCUT2D eigenvalue weighted by molar-refractivity contribution is -0.384. The average molecular weight is 619 g/mol. The predicted octanol–water partition coefficient (Wildman–Crippen LogP) is 6.83. The van der Waals surface area contributed by atoms with Gasteiger partial charge in [-0.1, -0.05) is 31.5 Å². The molecule has 1 fully saturated rings. The number of hydrogen-bond donors (Lipinski definition) is 2. The van der Waals surface area contributed by atoms with Gasteiger partial charge in [-0.05, 0) is 74.1 Å². The topological polar surface area (TPSA) is 115 Å². The van der Waals surface area contributed by atoms with E-state index >= 15 is 0 Å². The summed E-state index contributed by atoms with van der Waals surface area (Å²) in [5.74, 6) is 0.169. The van der Waals surface area contributed by atoms with Crippen molar-refractivity contribution in [1.82, 2.24) is 14.9 Å². The zero-order chi connectivity index (χ0) is 31.0. The summed E-state index contributed by atoms with van der Waals surface area (Å²) in [6.07, 6.45) is 1.74. The molecule has 1 aliphatic heterocycles. The molecule has 1 amide bonds. The van der Waals surface area contributed by atoms with E-state index < -0.39 is 4.92 Å². The maximum absolute atomic E-state index is 12.3. The average Bonchev–Trinajstić information content (AvgIpc) is 3.48. The number of amides is 1. The zero-order valence-electron chi connectivity index (χ0n) is 24.3. The number of hydrogen-bond acceptors (Lipinski definition) is 6. The summed E-state index contributed by atoms with van der Waals surface area (Å²) >= 11 is 12.6. The van der Waals surface area contributed by atoms with Crippen LogP contribution in [0.3, 0.4) is 0 Å². The van der Waals surface area contributed by atoms with Crippen LogP contribution in [0.1, 0.15) is 48.6 Å². The molecule has 0 saturated carbocycles. The lowest BCUT2D eigenvalue weighted by atomic mass is 9.96. The standard InChI is InChI=1S/C31H31ClN6O4S/c1-17(2)30(39)34-24-11-9-20(15-23(24)32)37-29(28(35-31(37)43)25-8-6-7-13-33-25)22-14-18(3)36(19(22)4)26-16-21(38(40)41)10-12-27(26)42-5/h6-17,28-29H,1-5H3,(H,34,39)(H,35,43)/t28-,29+/m0/s1. The smallest absolute Gasteiger partial charge is 0.271 e. The predicted molar refractivity (Wildman–Crippen MR) is 171 cm³/mol. The molecule has 5 rings (SSSR count). The van der Waals surface area contributed by atoms with E-state index in [9.17, 15) is 14.9 Å². The molecule has 222 valence electrons. The van der Waals surface area contributed by atoms with Crippen molar-refractivity contribution >= 4 is 51.9 Å². The monoisotopic (exact) mass is 618 g/mol. The van der Waals surface area contributed by atoms with Crippen LogP contribution in [0.15, 0.2) is 66.9 Å². The zero-order valence-corrected chi connectivity index (χ0v) is 25.9. The van der Waals surface area contributed by atoms with Gasteiger partial charge in [0.25, 0.3) is 5.69 Å². The Labute approximate surface area is 259 Å². The van der Waals surface area contributed by atoms with E-state index in [0.717, 1.165) is 28.3 Å². The third-order valence-corrected chi connectivity index (χ3v) is 8.14. The highest BCUT2D eigenvalue weighted by Gasteiger charge is 2.42. The van der Waals surface area contributed by atoms with Crippen molar-refractivity contribution in [2.45, 2.75) is 39.8 Å². The van der Waals surface area contributed by atoms with Crippen LogP contribution in [0.5, 0.6) is 5.75 Å². The number of non-ortho nitro benzene ring substituents is 1. The number of methoxy groups -OCH3 is 1. The summed E-state index contributed by atoms with van der Waals surface area (Å²) in [4.78, 5) is 30.2. The lowest BCUT2D eigenvalue weighted by Gasteiger charge is -2.28. The van der Waals surface area contributed by atoms with Crippen molar-refractivity contribution < 1.29 is 14.5 Å². The molecule has 10 nitrogen and oxygen atoms in total. The number of pyridine rings is 1. The van der Waals surface area contributed by atoms with E-state index in [1.807, 2.05) is 61.4 Å². The first kappa shape index (κ1) is 30.0. The van der Waals surface area contributed by atoms with Gasteiger partial charge in [0, 0.05) is 41.3 Å². The van der Waals surface area contributed by atoms with Crippen LogP contribution in [-0.4, -0.2) is 32.6 Å². The van der Waals surface area contributed by atoms with E-state index in [1.54, 1.807) is 24.4 Å². The maximum Gasteiger partial charge on any atom is 0.271 e. The highest BCUT2D eigenvalue weighted by Crippen LogP contribution is 2.45. The Balaban J connectivity index is 1.66. The highest BCUT2D eigenvalue weighted by molar-refractivity contribution is 7.80. The van der Waals surface area contributed by atoms with Gasteiger partial charge in [-0.25, -0.2) is 0 Å². The van der Waals surface area contributed by atoms with Gasteiger partial charge < -0.3 is 24.8 Å². The molecule has 0 unspecified atom stereocenters. The lowest BCUT2D eigenvalue weighted by Crippen LogP contribution is -2.29. The largest absolute Gasteiger partial charge is 0.495 e. The number of nitro benzene ring substituents is 1. The first-order valence-corrected chi connectivity index (χ1v) is 14.4. The van der Waals surface area contributed by atoms with E-state index in [0.29, 0.717) is 27.3 Å². The van der Waals surface area contributed by atoms with Crippen LogP contribution in [0.25, 0.3) is 5.69 Å². The Bertz CT molecular complexity index is 1720. The molecule has 43 heavy (non-hydrogen) atoms. The molecule has 2 aromatic carbocycles. The molecule has 12 heteroatoms. The second-order valence-corrected chi connectivity index (χ2v) is 11.4. The highest BCUT2D eigenvalue weighted by atomic mass is 35.5. The normalized spacial score (nSPS) is 16.3. The molecule has 2 N–H and O–H groups in total. The molecule has 1 aliphatic rings. The maximum atomic E-state index is 12.3. The van der Waals surface area contributed by atoms with Gasteiger partial charge in [-0.15, -0.1) is 0 Å². The van der Waals surface area contributed by atoms with Crippen LogP contribution >= 0.6 is 23.8 Å². The molecule has 0 radical (unpaired) electrons. The third kappa shape index (κ3) is 5.65. The Hall–Kier alpha value is -4.48. The van der Waals surface area contributed by atoms with Crippen molar-refractivity contribution in [2.24, 2.45) is 5.92 Å². The number of aromatic nitrogens is 2. The van der Waals surface area contributed by atoms with Gasteiger partial charge in [0.1, 0.15) is 5.75 Å². The summed E-state index contributed by atoms with van der Waals surface area (Å²) in [5, 5.41) is 18.8. The first-order valence-electron chi connectivity index (χ1n) is 13.6. The number of benzene rings is 2. The number of carbonyl (C=O) groups is 1. The molecule has 4 aromatic rings. The Morgan fingerprint density at radius 2 is 1.93 bits per heavy atom. The van der Waals surface area contributed by atoms with Crippen LogP contribution in [0.2, 0.25) is 5.02 Å². The minimum absolute atomic E-state index is 0.0409. The Morgan fingerprint density at radius 3 is 2.56 bits per heavy atom. The molecule has 2 aromatic heterocycles. The quantitative estimate of drug-likeness (QED) is 0.125. The van der Waals surface area contributed by atoms with Crippen LogP contribution in [0.4, 0.5) is 17.1 Å². The summed E-state index contributed by atoms with van der Waals surface area (Å²) in [6, 6.07) is 17.0. The van der Waals surface area contributed by atoms with E-state index in [2.05, 4.69) is 21.7 Å². The molecule has 1 saturated heterocycles. The van der Waals surface area contributed by atoms with Gasteiger partial charge in [0.05, 0.1) is 46.2 Å². The number of anilines is 2. The Kier molecular flexibility index (Phi) is 8.38. The number of nitrogens with zero attached hydrogens (tertiary/aromatic N) is 4. The number of nitro groups is 1. The van der Waals surface area contributed by atoms with Gasteiger partial charge in [0.2, 0.25) is 5.91 Å². The minimum Gasteiger partial charge on any atom is -0.495 e. The molecular formula is C31H31ClN6O4S. The second kappa shape index (κ2) is 12.0. The summed E-state index contributed by atoms with van der Waals surface area (Å²) in [5.41, 5.74) is 5.19. The van der Waals surface area contributed by atoms with Gasteiger partial charge in [-0.3, -0.25) is 19.9 Å². The summed E-state index contributed by atoms with van der Waals surface area (Å²) in [7, 11) is 1.54. The number of carbonyl (C=O) groups excluding carboxylic acids is 1. The van der Waals surface area contributed by atoms with Crippen LogP contribution in [-0.2, 0) is 4.79 Å². The first-order chi connectivity index (χ1) is 20.5. The summed E-state index contributed by atoms with van der Waals surface area (Å²) in [6.45, 7) is 7.54. The van der Waals surface area contributed by atoms with Crippen molar-refractivity contribution in [2.75, 3.05) is 17.3 Å². The van der Waals surface area contributed by atoms with E-state index in [1.165, 1.54) is 19.2 Å². The minimum atomic E-state index is -0.423. The van der Waals surface area contributed by atoms with Crippen LogP contribution in [0, 0.1) is 29.9 Å². The SMILES string of the molecule is COc1ccc([N+](=O)[O-])cc1-n1c(C)cc([C@@H]2[C@H](c3ccccn3)NC(=S)N2c2ccc(NC(=O)C(C)C)c(Cl)c2)c1C. The number of ether oxygens (including phenoxy) is 1. The fraction of sp³-hybridized carbons (Fsp3) is 0.258. The van der Waals surface area contributed by atoms with Gasteiger partial charge >= 0.3 is 0 Å². The van der Waals surface area contributed by atoms with E-state index in [-0.39, 0.29) is 29.6 Å². The van der Waals surface area contributed by atoms with Crippen molar-refractivity contribution in [1.29, 1.82) is 0 Å². The number of aryl methyl sites for hydroxylation is 1. The van der Waals surface area contributed by atoms with Gasteiger partial charge in [-0.2, -0.15) is 0 Å². The molecule has 0 spiro atoms. The number of nitrogens with one attached hydrogen (secondary N) is 2. The van der Waals surface area contributed by atoms with Gasteiger partial charge in [0.15, 0.2) is 5.11 Å². The molecule has 0 aliphatic carbocycles. The molecule has 0 bridgehead atoms. The van der Waals surface area contributed by atoms with E-state index in [4.69, 9.17) is 28.6 Å². The second-order valence-electron chi connectivity index (χ2n) is 10.6.